The number of carbonyl (C=O) groups excluding carboxylic acids is 1. The van der Waals surface area contributed by atoms with Gasteiger partial charge < -0.3 is 4.42 Å². The Balaban J connectivity index is 1.83. The average molecular weight is 265 g/mol. The van der Waals surface area contributed by atoms with Crippen molar-refractivity contribution in [2.24, 2.45) is 0 Å². The predicted octanol–water partition coefficient (Wildman–Crippen LogP) is 3.03. The maximum absolute atomic E-state index is 12.7. The zero-order chi connectivity index (χ0) is 13.0. The second-order valence-electron chi connectivity index (χ2n) is 3.89. The van der Waals surface area contributed by atoms with Crippen LogP contribution in [0.5, 0.6) is 0 Å². The number of ketones is 1. The Morgan fingerprint density at radius 2 is 2.11 bits per heavy atom. The number of rotatable bonds is 5. The smallest absolute Gasteiger partial charge is 0.256 e. The fourth-order valence-corrected chi connectivity index (χ4v) is 2.13. The number of aromatic nitrogens is 1. The monoisotopic (exact) mass is 265 g/mol. The maximum Gasteiger partial charge on any atom is 0.256 e. The van der Waals surface area contributed by atoms with Crippen LogP contribution in [-0.4, -0.2) is 16.5 Å². The average Bonchev–Trinajstić information content (AvgIpc) is 2.76. The highest BCUT2D eigenvalue weighted by molar-refractivity contribution is 7.99. The standard InChI is InChI=1S/C13H12FNO2S/c1-9-7-17-13(15-9)18-8-12(16)6-10-2-4-11(14)5-3-10/h2-5,7H,6,8H2,1H3. The van der Waals surface area contributed by atoms with Gasteiger partial charge in [-0.2, -0.15) is 0 Å². The second kappa shape index (κ2) is 5.82. The molecule has 0 amide bonds. The molecule has 1 aromatic heterocycles. The number of benzene rings is 1. The van der Waals surface area contributed by atoms with Gasteiger partial charge in [-0.3, -0.25) is 4.79 Å². The summed E-state index contributed by atoms with van der Waals surface area (Å²) < 4.78 is 17.8. The van der Waals surface area contributed by atoms with Gasteiger partial charge in [0.15, 0.2) is 0 Å². The number of nitrogens with zero attached hydrogens (tertiary/aromatic N) is 1. The third-order valence-corrected chi connectivity index (χ3v) is 3.17. The van der Waals surface area contributed by atoms with Gasteiger partial charge in [0.1, 0.15) is 17.9 Å². The molecule has 0 N–H and O–H groups in total. The van der Waals surface area contributed by atoms with Gasteiger partial charge in [0.05, 0.1) is 11.4 Å². The van der Waals surface area contributed by atoms with E-state index in [0.29, 0.717) is 17.4 Å². The van der Waals surface area contributed by atoms with Crippen molar-refractivity contribution in [1.29, 1.82) is 0 Å². The number of thioether (sulfide) groups is 1. The molecule has 3 nitrogen and oxygen atoms in total. The molecule has 0 radical (unpaired) electrons. The number of aryl methyl sites for hydroxylation is 1. The lowest BCUT2D eigenvalue weighted by molar-refractivity contribution is -0.116. The molecule has 2 aromatic rings. The van der Waals surface area contributed by atoms with Crippen LogP contribution in [0.25, 0.3) is 0 Å². The van der Waals surface area contributed by atoms with Gasteiger partial charge in [-0.25, -0.2) is 9.37 Å². The van der Waals surface area contributed by atoms with Crippen LogP contribution in [0.15, 0.2) is 40.2 Å². The van der Waals surface area contributed by atoms with Gasteiger partial charge in [-0.05, 0) is 24.6 Å². The Morgan fingerprint density at radius 1 is 1.39 bits per heavy atom. The summed E-state index contributed by atoms with van der Waals surface area (Å²) in [7, 11) is 0. The summed E-state index contributed by atoms with van der Waals surface area (Å²) in [5.74, 6) is 0.0652. The molecular formula is C13H12FNO2S. The van der Waals surface area contributed by atoms with Crippen LogP contribution < -0.4 is 0 Å². The van der Waals surface area contributed by atoms with E-state index >= 15 is 0 Å². The van der Waals surface area contributed by atoms with E-state index in [-0.39, 0.29) is 11.6 Å². The molecule has 1 aromatic carbocycles. The van der Waals surface area contributed by atoms with Crippen LogP contribution in [0.3, 0.4) is 0 Å². The molecule has 0 bridgehead atoms. The Morgan fingerprint density at radius 3 is 2.72 bits per heavy atom. The summed E-state index contributed by atoms with van der Waals surface area (Å²) in [5.41, 5.74) is 1.61. The minimum Gasteiger partial charge on any atom is -0.440 e. The molecule has 0 aliphatic rings. The van der Waals surface area contributed by atoms with Crippen LogP contribution in [0, 0.1) is 12.7 Å². The Bertz CT molecular complexity index is 536. The first-order valence-electron chi connectivity index (χ1n) is 5.44. The van der Waals surface area contributed by atoms with Crippen molar-refractivity contribution in [2.45, 2.75) is 18.6 Å². The van der Waals surface area contributed by atoms with Crippen molar-refractivity contribution >= 4 is 17.5 Å². The molecular weight excluding hydrogens is 253 g/mol. The van der Waals surface area contributed by atoms with E-state index in [0.717, 1.165) is 11.3 Å². The largest absolute Gasteiger partial charge is 0.440 e. The minimum absolute atomic E-state index is 0.0578. The van der Waals surface area contributed by atoms with Crippen molar-refractivity contribution < 1.29 is 13.6 Å². The van der Waals surface area contributed by atoms with Crippen molar-refractivity contribution in [3.63, 3.8) is 0 Å². The first-order valence-corrected chi connectivity index (χ1v) is 6.43. The molecule has 5 heteroatoms. The SMILES string of the molecule is Cc1coc(SCC(=O)Cc2ccc(F)cc2)n1. The highest BCUT2D eigenvalue weighted by Gasteiger charge is 2.08. The van der Waals surface area contributed by atoms with Crippen LogP contribution in [-0.2, 0) is 11.2 Å². The van der Waals surface area contributed by atoms with Crippen LogP contribution in [0.2, 0.25) is 0 Å². The van der Waals surface area contributed by atoms with Gasteiger partial charge in [-0.1, -0.05) is 23.9 Å². The molecule has 0 saturated carbocycles. The van der Waals surface area contributed by atoms with E-state index in [2.05, 4.69) is 4.98 Å². The quantitative estimate of drug-likeness (QED) is 0.779. The van der Waals surface area contributed by atoms with Crippen molar-refractivity contribution in [1.82, 2.24) is 4.98 Å². The zero-order valence-corrected chi connectivity index (χ0v) is 10.7. The van der Waals surface area contributed by atoms with Gasteiger partial charge >= 0.3 is 0 Å². The number of Topliss-reactive ketones (excluding diaryl/α,β-unsaturated/α-hetero) is 1. The number of hydrogen-bond donors (Lipinski definition) is 0. The lowest BCUT2D eigenvalue weighted by Gasteiger charge is -1.99. The summed E-state index contributed by atoms with van der Waals surface area (Å²) in [6, 6.07) is 5.95. The van der Waals surface area contributed by atoms with E-state index in [9.17, 15) is 9.18 Å². The summed E-state index contributed by atoms with van der Waals surface area (Å²) in [4.78, 5) is 15.8. The van der Waals surface area contributed by atoms with Crippen molar-refractivity contribution in [2.75, 3.05) is 5.75 Å². The zero-order valence-electron chi connectivity index (χ0n) is 9.85. The molecule has 2 rings (SSSR count). The lowest BCUT2D eigenvalue weighted by Crippen LogP contribution is -2.05. The van der Waals surface area contributed by atoms with Crippen molar-refractivity contribution in [3.05, 3.63) is 47.6 Å². The topological polar surface area (TPSA) is 43.1 Å². The second-order valence-corrected chi connectivity index (χ2v) is 4.81. The first-order chi connectivity index (χ1) is 8.63. The van der Waals surface area contributed by atoms with E-state index in [1.807, 2.05) is 6.92 Å². The Labute approximate surface area is 108 Å². The lowest BCUT2D eigenvalue weighted by atomic mass is 10.1. The van der Waals surface area contributed by atoms with E-state index < -0.39 is 0 Å². The number of halogens is 1. The third kappa shape index (κ3) is 3.70. The summed E-state index contributed by atoms with van der Waals surface area (Å²) in [6.07, 6.45) is 1.85. The fraction of sp³-hybridized carbons (Fsp3) is 0.231. The fourth-order valence-electron chi connectivity index (χ4n) is 1.42. The number of oxazole rings is 1. The summed E-state index contributed by atoms with van der Waals surface area (Å²) in [6.45, 7) is 1.83. The van der Waals surface area contributed by atoms with Crippen LogP contribution in [0.1, 0.15) is 11.3 Å². The van der Waals surface area contributed by atoms with Crippen LogP contribution in [0.4, 0.5) is 4.39 Å². The molecule has 1 heterocycles. The first kappa shape index (κ1) is 12.8. The normalized spacial score (nSPS) is 10.6. The maximum atomic E-state index is 12.7. The van der Waals surface area contributed by atoms with Gasteiger partial charge in [0.25, 0.3) is 5.22 Å². The van der Waals surface area contributed by atoms with E-state index in [1.165, 1.54) is 23.9 Å². The molecule has 94 valence electrons. The number of hydrogen-bond acceptors (Lipinski definition) is 4. The molecule has 0 saturated heterocycles. The molecule has 0 spiro atoms. The minimum atomic E-state index is -0.296. The molecule has 0 fully saturated rings. The molecule has 0 aliphatic heterocycles. The highest BCUT2D eigenvalue weighted by atomic mass is 32.2. The third-order valence-electron chi connectivity index (χ3n) is 2.27. The van der Waals surface area contributed by atoms with Gasteiger partial charge in [0.2, 0.25) is 0 Å². The predicted molar refractivity (Wildman–Crippen MR) is 67.1 cm³/mol. The molecule has 0 atom stereocenters. The van der Waals surface area contributed by atoms with Gasteiger partial charge in [-0.15, -0.1) is 0 Å². The summed E-state index contributed by atoms with van der Waals surface area (Å²) >= 11 is 1.27. The highest BCUT2D eigenvalue weighted by Crippen LogP contribution is 2.17. The van der Waals surface area contributed by atoms with Crippen LogP contribution >= 0.6 is 11.8 Å². The number of carbonyl (C=O) groups is 1. The van der Waals surface area contributed by atoms with E-state index in [1.54, 1.807) is 18.4 Å². The Hall–Kier alpha value is -1.62. The molecule has 0 aliphatic carbocycles. The Kier molecular flexibility index (Phi) is 4.15. The summed E-state index contributed by atoms with van der Waals surface area (Å²) in [5, 5.41) is 0.500. The van der Waals surface area contributed by atoms with Gasteiger partial charge in [0, 0.05) is 6.42 Å². The molecule has 18 heavy (non-hydrogen) atoms. The molecule has 0 unspecified atom stereocenters. The van der Waals surface area contributed by atoms with E-state index in [4.69, 9.17) is 4.42 Å². The van der Waals surface area contributed by atoms with Crippen molar-refractivity contribution in [3.8, 4) is 0 Å².